The van der Waals surface area contributed by atoms with E-state index < -0.39 is 0 Å². The van der Waals surface area contributed by atoms with E-state index in [0.717, 1.165) is 28.6 Å². The summed E-state index contributed by atoms with van der Waals surface area (Å²) in [6.45, 7) is 5.14. The van der Waals surface area contributed by atoms with Gasteiger partial charge >= 0.3 is 6.03 Å². The van der Waals surface area contributed by atoms with Gasteiger partial charge in [-0.15, -0.1) is 11.3 Å². The van der Waals surface area contributed by atoms with Gasteiger partial charge < -0.3 is 10.2 Å². The first kappa shape index (κ1) is 19.2. The van der Waals surface area contributed by atoms with Crippen molar-refractivity contribution in [1.29, 1.82) is 0 Å². The van der Waals surface area contributed by atoms with Gasteiger partial charge in [0.15, 0.2) is 0 Å². The van der Waals surface area contributed by atoms with Gasteiger partial charge in [0.2, 0.25) is 0 Å². The highest BCUT2D eigenvalue weighted by molar-refractivity contribution is 9.10. The number of thiophene rings is 1. The largest absolute Gasteiger partial charge is 0.322 e. The third-order valence-corrected chi connectivity index (χ3v) is 7.29. The maximum absolute atomic E-state index is 13.3. The molecule has 1 atom stereocenters. The number of benzene rings is 2. The molecule has 0 saturated heterocycles. The van der Waals surface area contributed by atoms with Crippen molar-refractivity contribution in [1.82, 2.24) is 4.90 Å². The van der Waals surface area contributed by atoms with Crippen LogP contribution >= 0.6 is 27.3 Å². The number of anilines is 1. The van der Waals surface area contributed by atoms with Gasteiger partial charge in [0, 0.05) is 20.8 Å². The Kier molecular flexibility index (Phi) is 5.56. The van der Waals surface area contributed by atoms with E-state index >= 15 is 0 Å². The van der Waals surface area contributed by atoms with Gasteiger partial charge in [-0.25, -0.2) is 4.79 Å². The molecule has 28 heavy (non-hydrogen) atoms. The number of nitrogens with one attached hydrogen (secondary N) is 1. The first-order valence-corrected chi connectivity index (χ1v) is 11.2. The van der Waals surface area contributed by atoms with Crippen LogP contribution in [-0.4, -0.2) is 17.5 Å². The summed E-state index contributed by atoms with van der Waals surface area (Å²) >= 11 is 5.37. The van der Waals surface area contributed by atoms with E-state index in [1.54, 1.807) is 0 Å². The van der Waals surface area contributed by atoms with Gasteiger partial charge in [-0.05, 0) is 64.5 Å². The van der Waals surface area contributed by atoms with Crippen molar-refractivity contribution in [2.24, 2.45) is 0 Å². The van der Waals surface area contributed by atoms with Crippen LogP contribution in [0.15, 0.2) is 59.1 Å². The van der Waals surface area contributed by atoms with E-state index in [1.165, 1.54) is 20.9 Å². The van der Waals surface area contributed by atoms with Crippen LogP contribution in [0.5, 0.6) is 0 Å². The molecule has 0 fully saturated rings. The number of hydrogen-bond acceptors (Lipinski definition) is 2. The first-order chi connectivity index (χ1) is 13.6. The van der Waals surface area contributed by atoms with Gasteiger partial charge in [-0.1, -0.05) is 49.4 Å². The molecule has 0 spiro atoms. The number of aryl methyl sites for hydroxylation is 1. The molecule has 2 aromatic carbocycles. The standard InChI is InChI=1S/C23H23BrN2OS/c1-3-17-15(2)28-22-18(17)13-14-26(21(22)16-9-5-4-6-10-16)23(27)25-20-12-8-7-11-19(20)24/h4-12,21H,3,13-14H2,1-2H3,(H,25,27). The summed E-state index contributed by atoms with van der Waals surface area (Å²) in [5.74, 6) is 0. The lowest BCUT2D eigenvalue weighted by Gasteiger charge is -2.36. The van der Waals surface area contributed by atoms with E-state index in [1.807, 2.05) is 46.6 Å². The summed E-state index contributed by atoms with van der Waals surface area (Å²) in [6.07, 6.45) is 1.96. The summed E-state index contributed by atoms with van der Waals surface area (Å²) < 4.78 is 0.887. The number of carbonyl (C=O) groups excluding carboxylic acids is 1. The summed E-state index contributed by atoms with van der Waals surface area (Å²) in [5.41, 5.74) is 4.87. The SMILES string of the molecule is CCc1c(C)sc2c1CCN(C(=O)Nc1ccccc1Br)C2c1ccccc1. The highest BCUT2D eigenvalue weighted by Gasteiger charge is 2.35. The fourth-order valence-corrected chi connectivity index (χ4v) is 5.87. The van der Waals surface area contributed by atoms with Crippen LogP contribution in [0, 0.1) is 6.92 Å². The fourth-order valence-electron chi connectivity index (χ4n) is 4.04. The average Bonchev–Trinajstić information content (AvgIpc) is 3.04. The van der Waals surface area contributed by atoms with Crippen LogP contribution in [-0.2, 0) is 12.8 Å². The minimum Gasteiger partial charge on any atom is -0.312 e. The quantitative estimate of drug-likeness (QED) is 0.477. The highest BCUT2D eigenvalue weighted by atomic mass is 79.9. The van der Waals surface area contributed by atoms with Crippen molar-refractivity contribution < 1.29 is 4.79 Å². The summed E-state index contributed by atoms with van der Waals surface area (Å²) in [7, 11) is 0. The molecule has 1 aliphatic heterocycles. The Morgan fingerprint density at radius 2 is 1.89 bits per heavy atom. The van der Waals surface area contributed by atoms with Crippen LogP contribution in [0.3, 0.4) is 0 Å². The van der Waals surface area contributed by atoms with E-state index in [0.29, 0.717) is 6.54 Å². The molecule has 144 valence electrons. The number of hydrogen-bond donors (Lipinski definition) is 1. The number of halogens is 1. The van der Waals surface area contributed by atoms with Crippen molar-refractivity contribution >= 4 is 39.0 Å². The molecule has 2 heterocycles. The molecule has 1 unspecified atom stereocenters. The molecule has 1 aliphatic rings. The number of amides is 2. The number of urea groups is 1. The van der Waals surface area contributed by atoms with Crippen LogP contribution in [0.4, 0.5) is 10.5 Å². The van der Waals surface area contributed by atoms with Crippen LogP contribution < -0.4 is 5.32 Å². The van der Waals surface area contributed by atoms with Crippen molar-refractivity contribution in [3.8, 4) is 0 Å². The zero-order valence-corrected chi connectivity index (χ0v) is 18.4. The normalized spacial score (nSPS) is 16.0. The lowest BCUT2D eigenvalue weighted by Crippen LogP contribution is -2.42. The molecule has 3 nitrogen and oxygen atoms in total. The molecule has 0 bridgehead atoms. The Bertz CT molecular complexity index is 999. The Morgan fingerprint density at radius 3 is 2.61 bits per heavy atom. The lowest BCUT2D eigenvalue weighted by atomic mass is 9.92. The Labute approximate surface area is 178 Å². The van der Waals surface area contributed by atoms with Crippen LogP contribution in [0.25, 0.3) is 0 Å². The highest BCUT2D eigenvalue weighted by Crippen LogP contribution is 2.43. The summed E-state index contributed by atoms with van der Waals surface area (Å²) in [4.78, 5) is 17.9. The van der Waals surface area contributed by atoms with Gasteiger partial charge in [-0.2, -0.15) is 0 Å². The maximum atomic E-state index is 13.3. The minimum atomic E-state index is -0.0597. The molecule has 5 heteroatoms. The third kappa shape index (κ3) is 3.49. The Morgan fingerprint density at radius 1 is 1.18 bits per heavy atom. The number of para-hydroxylation sites is 1. The summed E-state index contributed by atoms with van der Waals surface area (Å²) in [5, 5.41) is 3.09. The average molecular weight is 455 g/mol. The van der Waals surface area contributed by atoms with Crippen molar-refractivity contribution in [3.05, 3.63) is 85.5 Å². The second kappa shape index (κ2) is 8.10. The van der Waals surface area contributed by atoms with E-state index in [2.05, 4.69) is 59.4 Å². The lowest BCUT2D eigenvalue weighted by molar-refractivity contribution is 0.195. The van der Waals surface area contributed by atoms with Crippen LogP contribution in [0.2, 0.25) is 0 Å². The van der Waals surface area contributed by atoms with E-state index in [9.17, 15) is 4.79 Å². The molecule has 4 rings (SSSR count). The molecular formula is C23H23BrN2OS. The zero-order chi connectivity index (χ0) is 19.7. The molecule has 3 aromatic rings. The second-order valence-electron chi connectivity index (χ2n) is 7.00. The zero-order valence-electron chi connectivity index (χ0n) is 16.0. The molecule has 1 aromatic heterocycles. The van der Waals surface area contributed by atoms with Crippen molar-refractivity contribution in [2.45, 2.75) is 32.7 Å². The third-order valence-electron chi connectivity index (χ3n) is 5.36. The van der Waals surface area contributed by atoms with E-state index in [-0.39, 0.29) is 12.1 Å². The van der Waals surface area contributed by atoms with Gasteiger partial charge in [0.05, 0.1) is 11.7 Å². The Hall–Kier alpha value is -2.11. The molecule has 2 amide bonds. The van der Waals surface area contributed by atoms with Crippen molar-refractivity contribution in [2.75, 3.05) is 11.9 Å². The van der Waals surface area contributed by atoms with Gasteiger partial charge in [0.1, 0.15) is 0 Å². The van der Waals surface area contributed by atoms with Crippen LogP contribution in [0.1, 0.15) is 39.4 Å². The van der Waals surface area contributed by atoms with Gasteiger partial charge in [-0.3, -0.25) is 0 Å². The minimum absolute atomic E-state index is 0.0450. The maximum Gasteiger partial charge on any atom is 0.322 e. The monoisotopic (exact) mass is 454 g/mol. The topological polar surface area (TPSA) is 32.3 Å². The first-order valence-electron chi connectivity index (χ1n) is 9.58. The molecule has 0 saturated carbocycles. The fraction of sp³-hybridized carbons (Fsp3) is 0.261. The predicted molar refractivity (Wildman–Crippen MR) is 120 cm³/mol. The predicted octanol–water partition coefficient (Wildman–Crippen LogP) is 6.56. The smallest absolute Gasteiger partial charge is 0.312 e. The number of carbonyl (C=O) groups is 1. The molecular weight excluding hydrogens is 432 g/mol. The number of rotatable bonds is 3. The van der Waals surface area contributed by atoms with Gasteiger partial charge in [0.25, 0.3) is 0 Å². The number of fused-ring (bicyclic) bond motifs is 1. The molecule has 0 radical (unpaired) electrons. The van der Waals surface area contributed by atoms with E-state index in [4.69, 9.17) is 0 Å². The molecule has 0 aliphatic carbocycles. The second-order valence-corrected chi connectivity index (χ2v) is 9.11. The molecule has 1 N–H and O–H groups in total. The summed E-state index contributed by atoms with van der Waals surface area (Å²) in [6, 6.07) is 18.0. The Balaban J connectivity index is 1.74. The number of nitrogens with zero attached hydrogens (tertiary/aromatic N) is 1. The van der Waals surface area contributed by atoms with Crippen molar-refractivity contribution in [3.63, 3.8) is 0 Å².